The molecule has 3 heteroatoms. The van der Waals surface area contributed by atoms with Crippen molar-refractivity contribution in [2.24, 2.45) is 0 Å². The summed E-state index contributed by atoms with van der Waals surface area (Å²) in [5.74, 6) is 0. The zero-order chi connectivity index (χ0) is 11.8. The highest BCUT2D eigenvalue weighted by Gasteiger charge is 2.43. The van der Waals surface area contributed by atoms with Crippen LogP contribution in [0.2, 0.25) is 5.02 Å². The highest BCUT2D eigenvalue weighted by atomic mass is 35.5. The molecule has 0 amide bonds. The molecule has 0 spiro atoms. The predicted molar refractivity (Wildman–Crippen MR) is 64.9 cm³/mol. The van der Waals surface area contributed by atoms with Crippen molar-refractivity contribution in [3.63, 3.8) is 0 Å². The summed E-state index contributed by atoms with van der Waals surface area (Å²) in [4.78, 5) is 0. The summed E-state index contributed by atoms with van der Waals surface area (Å²) in [6.07, 6.45) is 2.22. The van der Waals surface area contributed by atoms with Gasteiger partial charge in [-0.1, -0.05) is 23.7 Å². The average Bonchev–Trinajstić information content (AvgIpc) is 2.18. The van der Waals surface area contributed by atoms with E-state index in [0.717, 1.165) is 16.1 Å². The van der Waals surface area contributed by atoms with Gasteiger partial charge >= 0.3 is 0 Å². The molecular formula is C13H17ClO2. The molecule has 0 atom stereocenters. The SMILES string of the molecule is COC1CC(O)(Cc2ccc(C)cc2Cl)C1. The summed E-state index contributed by atoms with van der Waals surface area (Å²) in [7, 11) is 1.68. The molecule has 1 fully saturated rings. The number of rotatable bonds is 3. The Balaban J connectivity index is 2.05. The maximum absolute atomic E-state index is 10.2. The molecule has 2 nitrogen and oxygen atoms in total. The van der Waals surface area contributed by atoms with Crippen molar-refractivity contribution < 1.29 is 9.84 Å². The van der Waals surface area contributed by atoms with E-state index in [1.807, 2.05) is 25.1 Å². The van der Waals surface area contributed by atoms with Gasteiger partial charge in [0, 0.05) is 31.4 Å². The summed E-state index contributed by atoms with van der Waals surface area (Å²) in [6.45, 7) is 2.01. The monoisotopic (exact) mass is 240 g/mol. The molecule has 16 heavy (non-hydrogen) atoms. The Bertz CT molecular complexity index is 384. The van der Waals surface area contributed by atoms with Crippen molar-refractivity contribution in [3.05, 3.63) is 34.3 Å². The normalized spacial score (nSPS) is 28.9. The molecule has 1 aliphatic rings. The minimum Gasteiger partial charge on any atom is -0.389 e. The van der Waals surface area contributed by atoms with E-state index in [-0.39, 0.29) is 6.10 Å². The number of hydrogen-bond donors (Lipinski definition) is 1. The van der Waals surface area contributed by atoms with E-state index in [2.05, 4.69) is 0 Å². The molecule has 2 rings (SSSR count). The first kappa shape index (κ1) is 11.9. The standard InChI is InChI=1S/C13H17ClO2/c1-9-3-4-10(12(14)5-9)6-13(15)7-11(8-13)16-2/h3-5,11,15H,6-8H2,1-2H3. The van der Waals surface area contributed by atoms with Crippen molar-refractivity contribution in [2.45, 2.75) is 37.9 Å². The summed E-state index contributed by atoms with van der Waals surface area (Å²) in [5.41, 5.74) is 1.54. The van der Waals surface area contributed by atoms with Gasteiger partial charge in [-0.2, -0.15) is 0 Å². The smallest absolute Gasteiger partial charge is 0.0737 e. The van der Waals surface area contributed by atoms with Crippen LogP contribution in [0.1, 0.15) is 24.0 Å². The minimum absolute atomic E-state index is 0.203. The fourth-order valence-electron chi connectivity index (χ4n) is 2.25. The van der Waals surface area contributed by atoms with E-state index in [1.165, 1.54) is 0 Å². The van der Waals surface area contributed by atoms with Crippen LogP contribution in [-0.4, -0.2) is 23.9 Å². The van der Waals surface area contributed by atoms with Gasteiger partial charge in [-0.05, 0) is 24.1 Å². The largest absolute Gasteiger partial charge is 0.389 e. The Hall–Kier alpha value is -0.570. The van der Waals surface area contributed by atoms with Crippen LogP contribution in [-0.2, 0) is 11.2 Å². The van der Waals surface area contributed by atoms with Gasteiger partial charge in [0.25, 0.3) is 0 Å². The highest BCUT2D eigenvalue weighted by molar-refractivity contribution is 6.31. The number of hydrogen-bond acceptors (Lipinski definition) is 2. The van der Waals surface area contributed by atoms with Gasteiger partial charge in [0.1, 0.15) is 0 Å². The van der Waals surface area contributed by atoms with Gasteiger partial charge in [-0.15, -0.1) is 0 Å². The van der Waals surface area contributed by atoms with E-state index in [0.29, 0.717) is 19.3 Å². The fraction of sp³-hybridized carbons (Fsp3) is 0.538. The maximum atomic E-state index is 10.2. The molecule has 0 saturated heterocycles. The molecule has 0 heterocycles. The number of aryl methyl sites for hydroxylation is 1. The molecule has 0 radical (unpaired) electrons. The van der Waals surface area contributed by atoms with Crippen molar-refractivity contribution in [1.82, 2.24) is 0 Å². The lowest BCUT2D eigenvalue weighted by atomic mass is 9.73. The van der Waals surface area contributed by atoms with Crippen LogP contribution >= 0.6 is 11.6 Å². The molecule has 1 aromatic rings. The van der Waals surface area contributed by atoms with Gasteiger partial charge in [-0.3, -0.25) is 0 Å². The molecule has 0 bridgehead atoms. The second-order valence-corrected chi connectivity index (χ2v) is 5.17. The molecule has 88 valence electrons. The topological polar surface area (TPSA) is 29.5 Å². The van der Waals surface area contributed by atoms with E-state index >= 15 is 0 Å². The van der Waals surface area contributed by atoms with Gasteiger partial charge in [0.15, 0.2) is 0 Å². The zero-order valence-electron chi connectivity index (χ0n) is 9.66. The van der Waals surface area contributed by atoms with Crippen LogP contribution in [0.4, 0.5) is 0 Å². The number of aliphatic hydroxyl groups is 1. The molecule has 1 aromatic carbocycles. The first-order valence-corrected chi connectivity index (χ1v) is 5.90. The highest BCUT2D eigenvalue weighted by Crippen LogP contribution is 2.38. The molecule has 1 aliphatic carbocycles. The molecular weight excluding hydrogens is 224 g/mol. The quantitative estimate of drug-likeness (QED) is 0.881. The lowest BCUT2D eigenvalue weighted by Crippen LogP contribution is -2.49. The van der Waals surface area contributed by atoms with Crippen LogP contribution in [0.3, 0.4) is 0 Å². The Morgan fingerprint density at radius 1 is 1.50 bits per heavy atom. The second-order valence-electron chi connectivity index (χ2n) is 4.76. The third-order valence-electron chi connectivity index (χ3n) is 3.28. The molecule has 0 unspecified atom stereocenters. The van der Waals surface area contributed by atoms with E-state index in [4.69, 9.17) is 16.3 Å². The van der Waals surface area contributed by atoms with E-state index < -0.39 is 5.60 Å². The predicted octanol–water partition coefficient (Wildman–Crippen LogP) is 2.73. The van der Waals surface area contributed by atoms with Crippen LogP contribution < -0.4 is 0 Å². The lowest BCUT2D eigenvalue weighted by Gasteiger charge is -2.43. The van der Waals surface area contributed by atoms with Crippen molar-refractivity contribution in [3.8, 4) is 0 Å². The summed E-state index contributed by atoms with van der Waals surface area (Å²) in [6, 6.07) is 5.96. The van der Waals surface area contributed by atoms with Gasteiger partial charge < -0.3 is 9.84 Å². The van der Waals surface area contributed by atoms with Gasteiger partial charge in [0.05, 0.1) is 11.7 Å². The van der Waals surface area contributed by atoms with E-state index in [1.54, 1.807) is 7.11 Å². The summed E-state index contributed by atoms with van der Waals surface area (Å²) in [5, 5.41) is 11.0. The Kier molecular flexibility index (Phi) is 3.24. The number of ether oxygens (including phenoxy) is 1. The Morgan fingerprint density at radius 3 is 2.75 bits per heavy atom. The number of halogens is 1. The molecule has 1 saturated carbocycles. The number of benzene rings is 1. The first-order valence-electron chi connectivity index (χ1n) is 5.53. The number of methoxy groups -OCH3 is 1. The van der Waals surface area contributed by atoms with Gasteiger partial charge in [-0.25, -0.2) is 0 Å². The van der Waals surface area contributed by atoms with Gasteiger partial charge in [0.2, 0.25) is 0 Å². The molecule has 0 aliphatic heterocycles. The van der Waals surface area contributed by atoms with Crippen molar-refractivity contribution in [1.29, 1.82) is 0 Å². The second kappa shape index (κ2) is 4.36. The van der Waals surface area contributed by atoms with Crippen molar-refractivity contribution >= 4 is 11.6 Å². The lowest BCUT2D eigenvalue weighted by molar-refractivity contribution is -0.126. The molecule has 1 N–H and O–H groups in total. The third-order valence-corrected chi connectivity index (χ3v) is 3.63. The summed E-state index contributed by atoms with van der Waals surface area (Å²) >= 11 is 6.14. The molecule has 0 aromatic heterocycles. The van der Waals surface area contributed by atoms with Crippen LogP contribution in [0, 0.1) is 6.92 Å². The Morgan fingerprint density at radius 2 is 2.19 bits per heavy atom. The van der Waals surface area contributed by atoms with Crippen LogP contribution in [0.15, 0.2) is 18.2 Å². The zero-order valence-corrected chi connectivity index (χ0v) is 10.4. The van der Waals surface area contributed by atoms with Crippen molar-refractivity contribution in [2.75, 3.05) is 7.11 Å². The Labute approximate surface area is 101 Å². The average molecular weight is 241 g/mol. The third kappa shape index (κ3) is 2.40. The van der Waals surface area contributed by atoms with E-state index in [9.17, 15) is 5.11 Å². The van der Waals surface area contributed by atoms with Crippen LogP contribution in [0.25, 0.3) is 0 Å². The minimum atomic E-state index is -0.625. The van der Waals surface area contributed by atoms with Crippen LogP contribution in [0.5, 0.6) is 0 Å². The first-order chi connectivity index (χ1) is 7.52. The fourth-order valence-corrected chi connectivity index (χ4v) is 2.55. The maximum Gasteiger partial charge on any atom is 0.0737 e. The summed E-state index contributed by atoms with van der Waals surface area (Å²) < 4.78 is 5.18.